The largest absolute Gasteiger partial charge is 0.387 e. The zero-order valence-corrected chi connectivity index (χ0v) is 10.8. The van der Waals surface area contributed by atoms with Gasteiger partial charge in [0.05, 0.1) is 6.10 Å². The maximum atomic E-state index is 11.8. The zero-order valence-electron chi connectivity index (χ0n) is 10.8. The van der Waals surface area contributed by atoms with E-state index in [1.54, 1.807) is 23.9 Å². The SMILES string of the molecule is CNCC(O)c1ccc(N2CCN(C)C2=O)cc1. The Balaban J connectivity index is 2.10. The predicted octanol–water partition coefficient (Wildman–Crippen LogP) is 0.811. The molecule has 0 radical (unpaired) electrons. The van der Waals surface area contributed by atoms with Gasteiger partial charge in [-0.2, -0.15) is 0 Å². The molecule has 1 fully saturated rings. The number of carbonyl (C=O) groups excluding carboxylic acids is 1. The summed E-state index contributed by atoms with van der Waals surface area (Å²) in [7, 11) is 3.60. The highest BCUT2D eigenvalue weighted by Gasteiger charge is 2.26. The summed E-state index contributed by atoms with van der Waals surface area (Å²) < 4.78 is 0. The normalized spacial score (nSPS) is 17.4. The van der Waals surface area contributed by atoms with Gasteiger partial charge in [-0.05, 0) is 24.7 Å². The molecule has 1 aromatic rings. The van der Waals surface area contributed by atoms with Crippen LogP contribution in [0.4, 0.5) is 10.5 Å². The van der Waals surface area contributed by atoms with E-state index in [2.05, 4.69) is 5.32 Å². The number of hydrogen-bond donors (Lipinski definition) is 2. The van der Waals surface area contributed by atoms with Gasteiger partial charge in [0.2, 0.25) is 0 Å². The Morgan fingerprint density at radius 3 is 2.50 bits per heavy atom. The van der Waals surface area contributed by atoms with Crippen LogP contribution in [-0.4, -0.2) is 49.8 Å². The monoisotopic (exact) mass is 249 g/mol. The molecule has 18 heavy (non-hydrogen) atoms. The number of hydrogen-bond acceptors (Lipinski definition) is 3. The second kappa shape index (κ2) is 5.37. The molecule has 0 bridgehead atoms. The Kier molecular flexibility index (Phi) is 3.84. The van der Waals surface area contributed by atoms with Crippen molar-refractivity contribution in [3.05, 3.63) is 29.8 Å². The molecule has 2 amide bonds. The topological polar surface area (TPSA) is 55.8 Å². The molecule has 0 aliphatic carbocycles. The van der Waals surface area contributed by atoms with Gasteiger partial charge in [0.25, 0.3) is 0 Å². The minimum atomic E-state index is -0.513. The number of aliphatic hydroxyl groups excluding tert-OH is 1. The number of nitrogens with zero attached hydrogens (tertiary/aromatic N) is 2. The van der Waals surface area contributed by atoms with Gasteiger partial charge in [-0.25, -0.2) is 4.79 Å². The second-order valence-corrected chi connectivity index (χ2v) is 4.52. The molecule has 1 heterocycles. The van der Waals surface area contributed by atoms with Gasteiger partial charge in [0.15, 0.2) is 0 Å². The molecule has 1 aliphatic heterocycles. The van der Waals surface area contributed by atoms with Gasteiger partial charge in [-0.15, -0.1) is 0 Å². The zero-order chi connectivity index (χ0) is 13.1. The lowest BCUT2D eigenvalue weighted by molar-refractivity contribution is 0.178. The molecule has 0 aromatic heterocycles. The Morgan fingerprint density at radius 2 is 2.00 bits per heavy atom. The van der Waals surface area contributed by atoms with Gasteiger partial charge >= 0.3 is 6.03 Å². The van der Waals surface area contributed by atoms with E-state index < -0.39 is 6.10 Å². The fourth-order valence-electron chi connectivity index (χ4n) is 2.07. The van der Waals surface area contributed by atoms with Crippen LogP contribution in [0, 0.1) is 0 Å². The number of urea groups is 1. The smallest absolute Gasteiger partial charge is 0.324 e. The summed E-state index contributed by atoms with van der Waals surface area (Å²) in [5, 5.41) is 12.7. The van der Waals surface area contributed by atoms with Gasteiger partial charge < -0.3 is 15.3 Å². The first-order chi connectivity index (χ1) is 8.63. The van der Waals surface area contributed by atoms with Crippen molar-refractivity contribution in [3.8, 4) is 0 Å². The molecule has 2 N–H and O–H groups in total. The molecule has 2 rings (SSSR count). The van der Waals surface area contributed by atoms with Crippen molar-refractivity contribution >= 4 is 11.7 Å². The molecular formula is C13H19N3O2. The lowest BCUT2D eigenvalue weighted by atomic mass is 10.1. The summed E-state index contributed by atoms with van der Waals surface area (Å²) in [5.41, 5.74) is 1.73. The summed E-state index contributed by atoms with van der Waals surface area (Å²) in [6.07, 6.45) is -0.513. The number of benzene rings is 1. The van der Waals surface area contributed by atoms with Crippen molar-refractivity contribution in [1.82, 2.24) is 10.2 Å². The molecule has 5 heteroatoms. The number of anilines is 1. The van der Waals surface area contributed by atoms with Crippen molar-refractivity contribution in [1.29, 1.82) is 0 Å². The van der Waals surface area contributed by atoms with Crippen LogP contribution >= 0.6 is 0 Å². The number of aliphatic hydroxyl groups is 1. The number of nitrogens with one attached hydrogen (secondary N) is 1. The highest BCUT2D eigenvalue weighted by molar-refractivity contribution is 5.93. The van der Waals surface area contributed by atoms with Crippen molar-refractivity contribution in [2.75, 3.05) is 38.6 Å². The molecule has 1 aliphatic rings. The van der Waals surface area contributed by atoms with Gasteiger partial charge in [0, 0.05) is 32.4 Å². The van der Waals surface area contributed by atoms with Crippen molar-refractivity contribution in [2.24, 2.45) is 0 Å². The van der Waals surface area contributed by atoms with Gasteiger partial charge in [-0.3, -0.25) is 4.90 Å². The third kappa shape index (κ3) is 2.47. The average molecular weight is 249 g/mol. The molecule has 1 aromatic carbocycles. The highest BCUT2D eigenvalue weighted by atomic mass is 16.3. The van der Waals surface area contributed by atoms with Crippen LogP contribution in [0.2, 0.25) is 0 Å². The van der Waals surface area contributed by atoms with Crippen LogP contribution in [0.5, 0.6) is 0 Å². The number of amides is 2. The number of rotatable bonds is 4. The maximum Gasteiger partial charge on any atom is 0.324 e. The van der Waals surface area contributed by atoms with Crippen LogP contribution in [0.3, 0.4) is 0 Å². The fraction of sp³-hybridized carbons (Fsp3) is 0.462. The molecule has 5 nitrogen and oxygen atoms in total. The number of likely N-dealkylation sites (N-methyl/N-ethyl adjacent to an activating group) is 2. The Bertz CT molecular complexity index is 419. The van der Waals surface area contributed by atoms with Gasteiger partial charge in [-0.1, -0.05) is 12.1 Å². The predicted molar refractivity (Wildman–Crippen MR) is 70.7 cm³/mol. The van der Waals surface area contributed by atoms with Crippen LogP contribution in [-0.2, 0) is 0 Å². The quantitative estimate of drug-likeness (QED) is 0.830. The minimum Gasteiger partial charge on any atom is -0.387 e. The van der Waals surface area contributed by atoms with E-state index in [0.717, 1.165) is 17.8 Å². The van der Waals surface area contributed by atoms with Crippen molar-refractivity contribution < 1.29 is 9.90 Å². The van der Waals surface area contributed by atoms with Gasteiger partial charge in [0.1, 0.15) is 0 Å². The molecule has 1 atom stereocenters. The molecular weight excluding hydrogens is 230 g/mol. The molecule has 98 valence electrons. The minimum absolute atomic E-state index is 0.0264. The van der Waals surface area contributed by atoms with E-state index in [0.29, 0.717) is 13.1 Å². The van der Waals surface area contributed by atoms with Crippen LogP contribution in [0.25, 0.3) is 0 Å². The third-order valence-electron chi connectivity index (χ3n) is 3.20. The average Bonchev–Trinajstić information content (AvgIpc) is 2.71. The van der Waals surface area contributed by atoms with Crippen LogP contribution in [0.15, 0.2) is 24.3 Å². The summed E-state index contributed by atoms with van der Waals surface area (Å²) in [4.78, 5) is 15.3. The summed E-state index contributed by atoms with van der Waals surface area (Å²) in [6, 6.07) is 7.51. The lowest BCUT2D eigenvalue weighted by Crippen LogP contribution is -2.29. The Labute approximate surface area is 107 Å². The van der Waals surface area contributed by atoms with E-state index in [1.165, 1.54) is 0 Å². The van der Waals surface area contributed by atoms with Crippen molar-refractivity contribution in [2.45, 2.75) is 6.10 Å². The second-order valence-electron chi connectivity index (χ2n) is 4.52. The van der Waals surface area contributed by atoms with E-state index in [9.17, 15) is 9.90 Å². The molecule has 0 spiro atoms. The number of carbonyl (C=O) groups is 1. The summed E-state index contributed by atoms with van der Waals surface area (Å²) in [5.74, 6) is 0. The Hall–Kier alpha value is -1.59. The molecule has 1 saturated heterocycles. The standard InChI is InChI=1S/C13H19N3O2/c1-14-9-12(17)10-3-5-11(6-4-10)16-8-7-15(2)13(16)18/h3-6,12,14,17H,7-9H2,1-2H3. The first kappa shape index (κ1) is 12.9. The Morgan fingerprint density at radius 1 is 1.33 bits per heavy atom. The van der Waals surface area contributed by atoms with E-state index >= 15 is 0 Å². The first-order valence-corrected chi connectivity index (χ1v) is 6.08. The molecule has 1 unspecified atom stereocenters. The lowest BCUT2D eigenvalue weighted by Gasteiger charge is -2.17. The van der Waals surface area contributed by atoms with E-state index in [4.69, 9.17) is 0 Å². The third-order valence-corrected chi connectivity index (χ3v) is 3.20. The highest BCUT2D eigenvalue weighted by Crippen LogP contribution is 2.22. The van der Waals surface area contributed by atoms with Crippen LogP contribution < -0.4 is 10.2 Å². The van der Waals surface area contributed by atoms with Crippen molar-refractivity contribution in [3.63, 3.8) is 0 Å². The van der Waals surface area contributed by atoms with E-state index in [1.807, 2.05) is 24.3 Å². The maximum absolute atomic E-state index is 11.8. The molecule has 0 saturated carbocycles. The summed E-state index contributed by atoms with van der Waals surface area (Å²) >= 11 is 0. The first-order valence-electron chi connectivity index (χ1n) is 6.08. The van der Waals surface area contributed by atoms with Crippen LogP contribution in [0.1, 0.15) is 11.7 Å². The fourth-order valence-corrected chi connectivity index (χ4v) is 2.07. The summed E-state index contributed by atoms with van der Waals surface area (Å²) in [6.45, 7) is 1.99. The van der Waals surface area contributed by atoms with E-state index in [-0.39, 0.29) is 6.03 Å².